The number of hydrogen-bond donors (Lipinski definition) is 0. The Kier molecular flexibility index (Phi) is 2.67. The smallest absolute Gasteiger partial charge is 0.174 e. The maximum Gasteiger partial charge on any atom is 0.206 e. The lowest BCUT2D eigenvalue weighted by Gasteiger charge is -2.07. The first kappa shape index (κ1) is 8.57. The van der Waals surface area contributed by atoms with Crippen LogP contribution in [0.25, 0.3) is 0 Å². The SMILES string of the molecule is C=NN(C#N)c1cccc(Cl)c1. The minimum absolute atomic E-state index is 0.566. The van der Waals surface area contributed by atoms with Crippen molar-refractivity contribution in [3.63, 3.8) is 0 Å². The maximum atomic E-state index is 8.57. The van der Waals surface area contributed by atoms with Crippen molar-refractivity contribution in [2.24, 2.45) is 5.10 Å². The Bertz CT molecular complexity index is 329. The van der Waals surface area contributed by atoms with Gasteiger partial charge in [0, 0.05) is 11.7 Å². The minimum atomic E-state index is 0.566. The van der Waals surface area contributed by atoms with Gasteiger partial charge in [0.2, 0.25) is 6.19 Å². The highest BCUT2D eigenvalue weighted by Crippen LogP contribution is 2.18. The second kappa shape index (κ2) is 3.74. The zero-order valence-electron chi connectivity index (χ0n) is 6.24. The van der Waals surface area contributed by atoms with Crippen molar-refractivity contribution in [3.8, 4) is 6.19 Å². The first-order valence-corrected chi connectivity index (χ1v) is 3.58. The van der Waals surface area contributed by atoms with Crippen LogP contribution in [0.1, 0.15) is 0 Å². The van der Waals surface area contributed by atoms with Crippen molar-refractivity contribution in [2.75, 3.05) is 5.01 Å². The van der Waals surface area contributed by atoms with E-state index in [0.717, 1.165) is 5.01 Å². The van der Waals surface area contributed by atoms with Crippen LogP contribution in [0, 0.1) is 11.5 Å². The van der Waals surface area contributed by atoms with E-state index >= 15 is 0 Å². The van der Waals surface area contributed by atoms with E-state index in [1.165, 1.54) is 0 Å². The second-order valence-electron chi connectivity index (χ2n) is 2.03. The monoisotopic (exact) mass is 179 g/mol. The molecule has 1 aromatic carbocycles. The van der Waals surface area contributed by atoms with Crippen molar-refractivity contribution in [1.29, 1.82) is 5.26 Å². The van der Waals surface area contributed by atoms with Crippen LogP contribution in [0.15, 0.2) is 29.4 Å². The number of anilines is 1. The van der Waals surface area contributed by atoms with E-state index < -0.39 is 0 Å². The molecule has 0 heterocycles. The van der Waals surface area contributed by atoms with Crippen LogP contribution in [0.4, 0.5) is 5.69 Å². The van der Waals surface area contributed by atoms with E-state index in [-0.39, 0.29) is 0 Å². The standard InChI is InChI=1S/C8H6ClN3/c1-11-12(6-10)8-4-2-3-7(9)5-8/h2-5H,1H2. The molecule has 1 aromatic rings. The minimum Gasteiger partial charge on any atom is -0.174 e. The fourth-order valence-electron chi connectivity index (χ4n) is 0.779. The summed E-state index contributed by atoms with van der Waals surface area (Å²) in [5, 5.41) is 13.7. The Morgan fingerprint density at radius 2 is 2.33 bits per heavy atom. The normalized spacial score (nSPS) is 8.67. The molecule has 0 aliphatic heterocycles. The number of nitrogens with zero attached hydrogens (tertiary/aromatic N) is 3. The second-order valence-corrected chi connectivity index (χ2v) is 2.47. The molecule has 0 bridgehead atoms. The Labute approximate surface area is 75.5 Å². The van der Waals surface area contributed by atoms with Crippen molar-refractivity contribution in [1.82, 2.24) is 0 Å². The van der Waals surface area contributed by atoms with Gasteiger partial charge in [-0.25, -0.2) is 0 Å². The van der Waals surface area contributed by atoms with Gasteiger partial charge in [-0.15, -0.1) is 0 Å². The third-order valence-corrected chi connectivity index (χ3v) is 1.52. The van der Waals surface area contributed by atoms with Gasteiger partial charge in [-0.1, -0.05) is 17.7 Å². The molecule has 0 saturated carbocycles. The molecule has 1 rings (SSSR count). The van der Waals surface area contributed by atoms with Crippen LogP contribution in [0.2, 0.25) is 5.02 Å². The van der Waals surface area contributed by atoms with Crippen molar-refractivity contribution in [2.45, 2.75) is 0 Å². The van der Waals surface area contributed by atoms with Crippen molar-refractivity contribution in [3.05, 3.63) is 29.3 Å². The Morgan fingerprint density at radius 3 is 2.83 bits per heavy atom. The molecule has 0 radical (unpaired) electrons. The molecule has 0 saturated heterocycles. The highest BCUT2D eigenvalue weighted by molar-refractivity contribution is 6.30. The molecule has 0 fully saturated rings. The quantitative estimate of drug-likeness (QED) is 0.302. The number of nitriles is 1. The Morgan fingerprint density at radius 1 is 1.58 bits per heavy atom. The van der Waals surface area contributed by atoms with E-state index in [2.05, 4.69) is 11.8 Å². The lowest BCUT2D eigenvalue weighted by atomic mass is 10.3. The van der Waals surface area contributed by atoms with Gasteiger partial charge in [0.1, 0.15) is 0 Å². The van der Waals surface area contributed by atoms with E-state index in [1.54, 1.807) is 24.3 Å². The van der Waals surface area contributed by atoms with Gasteiger partial charge in [0.15, 0.2) is 0 Å². The van der Waals surface area contributed by atoms with Gasteiger partial charge in [-0.2, -0.15) is 15.4 Å². The molecule has 60 valence electrons. The molecule has 12 heavy (non-hydrogen) atoms. The molecular weight excluding hydrogens is 174 g/mol. The number of benzene rings is 1. The van der Waals surface area contributed by atoms with Crippen LogP contribution in [-0.2, 0) is 0 Å². The van der Waals surface area contributed by atoms with Crippen LogP contribution in [0.3, 0.4) is 0 Å². The first-order chi connectivity index (χ1) is 5.77. The molecule has 0 aliphatic rings. The summed E-state index contributed by atoms with van der Waals surface area (Å²) in [5.74, 6) is 0. The number of rotatable bonds is 2. The number of hydrogen-bond acceptors (Lipinski definition) is 3. The predicted octanol–water partition coefficient (Wildman–Crippen LogP) is 2.24. The topological polar surface area (TPSA) is 39.4 Å². The molecule has 0 aromatic heterocycles. The van der Waals surface area contributed by atoms with Crippen molar-refractivity contribution < 1.29 is 0 Å². The Hall–Kier alpha value is -1.53. The number of halogens is 1. The zero-order valence-corrected chi connectivity index (χ0v) is 6.99. The van der Waals surface area contributed by atoms with E-state index in [0.29, 0.717) is 10.7 Å². The summed E-state index contributed by atoms with van der Waals surface area (Å²) in [7, 11) is 0. The van der Waals surface area contributed by atoms with Crippen LogP contribution in [-0.4, -0.2) is 6.72 Å². The van der Waals surface area contributed by atoms with E-state index in [1.807, 2.05) is 6.19 Å². The number of hydrazone groups is 1. The summed E-state index contributed by atoms with van der Waals surface area (Å²) in [4.78, 5) is 0. The molecule has 4 heteroatoms. The van der Waals surface area contributed by atoms with Gasteiger partial charge in [-0.05, 0) is 18.2 Å². The van der Waals surface area contributed by atoms with Gasteiger partial charge in [0.05, 0.1) is 5.69 Å². The van der Waals surface area contributed by atoms with Gasteiger partial charge >= 0.3 is 0 Å². The highest BCUT2D eigenvalue weighted by Gasteiger charge is 2.01. The van der Waals surface area contributed by atoms with Gasteiger partial charge < -0.3 is 0 Å². The molecule has 0 spiro atoms. The van der Waals surface area contributed by atoms with Crippen LogP contribution < -0.4 is 5.01 Å². The predicted molar refractivity (Wildman–Crippen MR) is 49.1 cm³/mol. The largest absolute Gasteiger partial charge is 0.206 e. The fraction of sp³-hybridized carbons (Fsp3) is 0. The Balaban J connectivity index is 3.03. The first-order valence-electron chi connectivity index (χ1n) is 3.20. The highest BCUT2D eigenvalue weighted by atomic mass is 35.5. The van der Waals surface area contributed by atoms with Crippen LogP contribution in [0.5, 0.6) is 0 Å². The average Bonchev–Trinajstić information content (AvgIpc) is 2.07. The molecule has 0 unspecified atom stereocenters. The molecular formula is C8H6ClN3. The lowest BCUT2D eigenvalue weighted by molar-refractivity contribution is 1.10. The summed E-state index contributed by atoms with van der Waals surface area (Å²) < 4.78 is 0. The summed E-state index contributed by atoms with van der Waals surface area (Å²) in [5.41, 5.74) is 0.611. The summed E-state index contributed by atoms with van der Waals surface area (Å²) in [6, 6.07) is 6.83. The summed E-state index contributed by atoms with van der Waals surface area (Å²) in [6.45, 7) is 3.25. The third kappa shape index (κ3) is 1.74. The fourth-order valence-corrected chi connectivity index (χ4v) is 0.963. The summed E-state index contributed by atoms with van der Waals surface area (Å²) in [6.07, 6.45) is 1.84. The third-order valence-electron chi connectivity index (χ3n) is 1.29. The van der Waals surface area contributed by atoms with E-state index in [4.69, 9.17) is 16.9 Å². The van der Waals surface area contributed by atoms with Crippen molar-refractivity contribution >= 4 is 24.0 Å². The van der Waals surface area contributed by atoms with Gasteiger partial charge in [-0.3, -0.25) is 0 Å². The summed E-state index contributed by atoms with van der Waals surface area (Å²) >= 11 is 5.70. The zero-order chi connectivity index (χ0) is 8.97. The molecule has 0 atom stereocenters. The van der Waals surface area contributed by atoms with Crippen LogP contribution >= 0.6 is 11.6 Å². The molecule has 0 N–H and O–H groups in total. The molecule has 3 nitrogen and oxygen atoms in total. The maximum absolute atomic E-state index is 8.57. The molecule has 0 amide bonds. The molecule has 0 aliphatic carbocycles. The average molecular weight is 180 g/mol. The van der Waals surface area contributed by atoms with Gasteiger partial charge in [0.25, 0.3) is 0 Å². The lowest BCUT2D eigenvalue weighted by Crippen LogP contribution is -2.05. The van der Waals surface area contributed by atoms with E-state index in [9.17, 15) is 0 Å².